The zero-order chi connectivity index (χ0) is 17.9. The first-order valence-electron chi connectivity index (χ1n) is 9.84. The van der Waals surface area contributed by atoms with Crippen molar-refractivity contribution < 1.29 is 14.3 Å². The molecular formula is C21H26N2O3. The number of nitriles is 1. The number of likely N-dealkylation sites (tertiary alicyclic amines) is 1. The van der Waals surface area contributed by atoms with Crippen LogP contribution in [0.2, 0.25) is 0 Å². The van der Waals surface area contributed by atoms with E-state index in [0.717, 1.165) is 42.7 Å². The van der Waals surface area contributed by atoms with Crippen LogP contribution in [-0.2, 0) is 4.79 Å². The van der Waals surface area contributed by atoms with Crippen LogP contribution in [0.15, 0.2) is 18.2 Å². The number of amides is 1. The van der Waals surface area contributed by atoms with E-state index in [1.807, 2.05) is 23.1 Å². The number of fused-ring (bicyclic) bond motifs is 1. The van der Waals surface area contributed by atoms with E-state index in [0.29, 0.717) is 32.2 Å². The topological polar surface area (TPSA) is 62.6 Å². The predicted octanol–water partition coefficient (Wildman–Crippen LogP) is 3.49. The van der Waals surface area contributed by atoms with Gasteiger partial charge < -0.3 is 14.4 Å². The third-order valence-corrected chi connectivity index (χ3v) is 6.05. The van der Waals surface area contributed by atoms with E-state index >= 15 is 0 Å². The first kappa shape index (κ1) is 17.2. The average molecular weight is 354 g/mol. The molecule has 1 saturated carbocycles. The van der Waals surface area contributed by atoms with Gasteiger partial charge in [0, 0.05) is 19.0 Å². The van der Waals surface area contributed by atoms with Gasteiger partial charge in [-0.15, -0.1) is 0 Å². The molecule has 0 aromatic heterocycles. The van der Waals surface area contributed by atoms with E-state index in [-0.39, 0.29) is 17.7 Å². The van der Waals surface area contributed by atoms with Crippen molar-refractivity contribution in [1.82, 2.24) is 4.90 Å². The lowest BCUT2D eigenvalue weighted by molar-refractivity contribution is -0.135. The Balaban J connectivity index is 1.58. The Bertz CT molecular complexity index is 698. The fraction of sp³-hybridized carbons (Fsp3) is 0.619. The molecule has 3 aliphatic rings. The summed E-state index contributed by atoms with van der Waals surface area (Å²) < 4.78 is 11.4. The highest BCUT2D eigenvalue weighted by Gasteiger charge is 2.36. The van der Waals surface area contributed by atoms with Gasteiger partial charge in [-0.05, 0) is 49.3 Å². The maximum atomic E-state index is 13.4. The van der Waals surface area contributed by atoms with Crippen LogP contribution in [0.1, 0.15) is 50.0 Å². The van der Waals surface area contributed by atoms with Gasteiger partial charge in [0.05, 0.1) is 12.0 Å². The molecule has 1 aliphatic carbocycles. The van der Waals surface area contributed by atoms with Gasteiger partial charge in [0.25, 0.3) is 0 Å². The summed E-state index contributed by atoms with van der Waals surface area (Å²) in [6.45, 7) is 2.53. The van der Waals surface area contributed by atoms with Crippen LogP contribution in [0, 0.1) is 23.2 Å². The maximum absolute atomic E-state index is 13.4. The van der Waals surface area contributed by atoms with Crippen molar-refractivity contribution in [2.24, 2.45) is 11.8 Å². The normalized spacial score (nSPS) is 22.0. The number of piperidine rings is 1. The molecule has 0 N–H and O–H groups in total. The third kappa shape index (κ3) is 3.38. The predicted molar refractivity (Wildman–Crippen MR) is 97.0 cm³/mol. The molecule has 2 heterocycles. The van der Waals surface area contributed by atoms with Crippen LogP contribution >= 0.6 is 0 Å². The molecule has 1 unspecified atom stereocenters. The van der Waals surface area contributed by atoms with Gasteiger partial charge in [0.15, 0.2) is 11.5 Å². The monoisotopic (exact) mass is 354 g/mol. The molecule has 0 spiro atoms. The Hall–Kier alpha value is -2.22. The third-order valence-electron chi connectivity index (χ3n) is 6.05. The Morgan fingerprint density at radius 3 is 2.46 bits per heavy atom. The number of benzene rings is 1. The molecule has 4 rings (SSSR count). The minimum absolute atomic E-state index is 0.0956. The van der Waals surface area contributed by atoms with E-state index in [1.165, 1.54) is 12.8 Å². The van der Waals surface area contributed by atoms with E-state index in [2.05, 4.69) is 6.07 Å². The summed E-state index contributed by atoms with van der Waals surface area (Å²) in [7, 11) is 0. The lowest BCUT2D eigenvalue weighted by atomic mass is 9.83. The lowest BCUT2D eigenvalue weighted by Gasteiger charge is -2.34. The maximum Gasteiger partial charge on any atom is 0.230 e. The second-order valence-corrected chi connectivity index (χ2v) is 7.65. The van der Waals surface area contributed by atoms with Crippen molar-refractivity contribution in [3.8, 4) is 17.6 Å². The SMILES string of the molecule is N#CC1CCN(C(=O)C(c2ccc3c(c2)OCCO3)C2CCCC2)CC1. The summed E-state index contributed by atoms with van der Waals surface area (Å²) in [6.07, 6.45) is 6.21. The largest absolute Gasteiger partial charge is 0.486 e. The standard InChI is InChI=1S/C21H26N2O3/c22-14-15-7-9-23(10-8-15)21(24)20(16-3-1-2-4-16)17-5-6-18-19(13-17)26-12-11-25-18/h5-6,13,15-16,20H,1-4,7-12H2. The zero-order valence-electron chi connectivity index (χ0n) is 15.2. The van der Waals surface area contributed by atoms with Crippen LogP contribution in [0.25, 0.3) is 0 Å². The van der Waals surface area contributed by atoms with Crippen molar-refractivity contribution in [3.63, 3.8) is 0 Å². The molecule has 1 aromatic carbocycles. The zero-order valence-corrected chi connectivity index (χ0v) is 15.2. The number of carbonyl (C=O) groups is 1. The van der Waals surface area contributed by atoms with Gasteiger partial charge in [-0.3, -0.25) is 4.79 Å². The summed E-state index contributed by atoms with van der Waals surface area (Å²) in [5.41, 5.74) is 1.05. The summed E-state index contributed by atoms with van der Waals surface area (Å²) in [6, 6.07) is 8.34. The number of rotatable bonds is 3. The Kier molecular flexibility index (Phi) is 5.01. The summed E-state index contributed by atoms with van der Waals surface area (Å²) in [4.78, 5) is 15.4. The number of hydrogen-bond acceptors (Lipinski definition) is 4. The Labute approximate surface area is 154 Å². The van der Waals surface area contributed by atoms with Gasteiger partial charge in [-0.1, -0.05) is 18.9 Å². The van der Waals surface area contributed by atoms with Crippen molar-refractivity contribution in [2.45, 2.75) is 44.4 Å². The molecule has 1 amide bonds. The molecule has 5 heteroatoms. The van der Waals surface area contributed by atoms with Crippen molar-refractivity contribution in [3.05, 3.63) is 23.8 Å². The van der Waals surface area contributed by atoms with Crippen LogP contribution in [0.3, 0.4) is 0 Å². The number of carbonyl (C=O) groups excluding carboxylic acids is 1. The van der Waals surface area contributed by atoms with Gasteiger partial charge in [0.2, 0.25) is 5.91 Å². The molecule has 1 atom stereocenters. The molecule has 0 bridgehead atoms. The molecule has 2 aliphatic heterocycles. The van der Waals surface area contributed by atoms with E-state index < -0.39 is 0 Å². The molecule has 1 saturated heterocycles. The van der Waals surface area contributed by atoms with E-state index in [4.69, 9.17) is 14.7 Å². The average Bonchev–Trinajstić information content (AvgIpc) is 3.22. The van der Waals surface area contributed by atoms with Gasteiger partial charge >= 0.3 is 0 Å². The number of ether oxygens (including phenoxy) is 2. The van der Waals surface area contributed by atoms with Crippen molar-refractivity contribution in [2.75, 3.05) is 26.3 Å². The molecule has 0 radical (unpaired) electrons. The molecule has 138 valence electrons. The Morgan fingerprint density at radius 2 is 1.77 bits per heavy atom. The number of hydrogen-bond donors (Lipinski definition) is 0. The fourth-order valence-electron chi connectivity index (χ4n) is 4.59. The lowest BCUT2D eigenvalue weighted by Crippen LogP contribution is -2.42. The molecule has 2 fully saturated rings. The smallest absolute Gasteiger partial charge is 0.230 e. The summed E-state index contributed by atoms with van der Waals surface area (Å²) in [5.74, 6) is 2.15. The molecule has 26 heavy (non-hydrogen) atoms. The molecule has 5 nitrogen and oxygen atoms in total. The van der Waals surface area contributed by atoms with Crippen molar-refractivity contribution in [1.29, 1.82) is 5.26 Å². The van der Waals surface area contributed by atoms with Crippen LogP contribution < -0.4 is 9.47 Å². The summed E-state index contributed by atoms with van der Waals surface area (Å²) >= 11 is 0. The second-order valence-electron chi connectivity index (χ2n) is 7.65. The first-order valence-corrected chi connectivity index (χ1v) is 9.84. The van der Waals surface area contributed by atoms with Crippen molar-refractivity contribution >= 4 is 5.91 Å². The quantitative estimate of drug-likeness (QED) is 0.833. The summed E-state index contributed by atoms with van der Waals surface area (Å²) in [5, 5.41) is 9.11. The van der Waals surface area contributed by atoms with Crippen LogP contribution in [0.4, 0.5) is 0 Å². The second kappa shape index (κ2) is 7.57. The number of nitrogens with zero attached hydrogens (tertiary/aromatic N) is 2. The van der Waals surface area contributed by atoms with Crippen LogP contribution in [0.5, 0.6) is 11.5 Å². The molecular weight excluding hydrogens is 328 g/mol. The fourth-order valence-corrected chi connectivity index (χ4v) is 4.59. The minimum atomic E-state index is -0.105. The minimum Gasteiger partial charge on any atom is -0.486 e. The highest BCUT2D eigenvalue weighted by atomic mass is 16.6. The highest BCUT2D eigenvalue weighted by Crippen LogP contribution is 2.42. The van der Waals surface area contributed by atoms with Gasteiger partial charge in [-0.2, -0.15) is 5.26 Å². The van der Waals surface area contributed by atoms with Gasteiger partial charge in [-0.25, -0.2) is 0 Å². The Morgan fingerprint density at radius 1 is 1.08 bits per heavy atom. The van der Waals surface area contributed by atoms with Crippen LogP contribution in [-0.4, -0.2) is 37.1 Å². The van der Waals surface area contributed by atoms with E-state index in [1.54, 1.807) is 0 Å². The first-order chi connectivity index (χ1) is 12.8. The highest BCUT2D eigenvalue weighted by molar-refractivity contribution is 5.84. The molecule has 1 aromatic rings. The van der Waals surface area contributed by atoms with Gasteiger partial charge in [0.1, 0.15) is 13.2 Å². The van der Waals surface area contributed by atoms with E-state index in [9.17, 15) is 4.79 Å².